The van der Waals surface area contributed by atoms with Gasteiger partial charge in [-0.15, -0.1) is 0 Å². The molecule has 5 atom stereocenters. The maximum Gasteiger partial charge on any atom is 0.234 e. The van der Waals surface area contributed by atoms with Crippen molar-refractivity contribution in [3.63, 3.8) is 0 Å². The Bertz CT molecular complexity index is 387. The Morgan fingerprint density at radius 3 is 2.64 bits per heavy atom. The van der Waals surface area contributed by atoms with E-state index in [9.17, 15) is 4.79 Å². The van der Waals surface area contributed by atoms with Gasteiger partial charge in [0.05, 0.1) is 18.8 Å². The first-order valence-electron chi connectivity index (χ1n) is 9.33. The molecule has 0 aromatic heterocycles. The summed E-state index contributed by atoms with van der Waals surface area (Å²) in [5, 5.41) is 0. The lowest BCUT2D eigenvalue weighted by Crippen LogP contribution is -2.46. The average molecular weight is 308 g/mol. The standard InChI is InChI=1S/C18H32N2O2/c1-13-6-2-5-9-17(13)22-11-10-20-15-8-4-3-7-14(15)12-16(20)18(19)21/h13-17H,2-12H2,1H3,(H2,19,21)/t13-,14-,15+,16+,17+/m1/s1. The van der Waals surface area contributed by atoms with E-state index in [-0.39, 0.29) is 11.9 Å². The molecule has 0 spiro atoms. The molecule has 0 radical (unpaired) electrons. The summed E-state index contributed by atoms with van der Waals surface area (Å²) in [6.45, 7) is 3.93. The van der Waals surface area contributed by atoms with E-state index in [0.29, 0.717) is 24.0 Å². The fourth-order valence-electron chi connectivity index (χ4n) is 4.99. The van der Waals surface area contributed by atoms with Crippen molar-refractivity contribution in [2.24, 2.45) is 17.6 Å². The first-order chi connectivity index (χ1) is 10.7. The number of likely N-dealkylation sites (tertiary alicyclic amines) is 1. The number of primary amides is 1. The number of hydrogen-bond donors (Lipinski definition) is 1. The van der Waals surface area contributed by atoms with E-state index in [1.54, 1.807) is 0 Å². The van der Waals surface area contributed by atoms with E-state index >= 15 is 0 Å². The summed E-state index contributed by atoms with van der Waals surface area (Å²) in [7, 11) is 0. The van der Waals surface area contributed by atoms with Crippen LogP contribution >= 0.6 is 0 Å². The molecule has 1 heterocycles. The highest BCUT2D eigenvalue weighted by atomic mass is 16.5. The van der Waals surface area contributed by atoms with Crippen LogP contribution in [0.25, 0.3) is 0 Å². The minimum atomic E-state index is -0.138. The Balaban J connectivity index is 1.53. The minimum Gasteiger partial charge on any atom is -0.377 e. The Morgan fingerprint density at radius 1 is 1.14 bits per heavy atom. The molecule has 2 aliphatic carbocycles. The zero-order chi connectivity index (χ0) is 15.5. The third kappa shape index (κ3) is 3.48. The van der Waals surface area contributed by atoms with Gasteiger partial charge in [0.25, 0.3) is 0 Å². The minimum absolute atomic E-state index is 0.0551. The highest BCUT2D eigenvalue weighted by Crippen LogP contribution is 2.39. The molecule has 126 valence electrons. The first kappa shape index (κ1) is 16.3. The normalized spacial score (nSPS) is 39.6. The van der Waals surface area contributed by atoms with Crippen molar-refractivity contribution >= 4 is 5.91 Å². The van der Waals surface area contributed by atoms with E-state index < -0.39 is 0 Å². The monoisotopic (exact) mass is 308 g/mol. The molecule has 3 aliphatic rings. The number of carbonyl (C=O) groups excluding carboxylic acids is 1. The third-order valence-corrected chi connectivity index (χ3v) is 6.26. The molecule has 22 heavy (non-hydrogen) atoms. The third-order valence-electron chi connectivity index (χ3n) is 6.26. The van der Waals surface area contributed by atoms with E-state index in [4.69, 9.17) is 10.5 Å². The largest absolute Gasteiger partial charge is 0.377 e. The molecule has 3 rings (SSSR count). The van der Waals surface area contributed by atoms with Crippen LogP contribution in [0.3, 0.4) is 0 Å². The Labute approximate surface area is 134 Å². The number of nitrogens with two attached hydrogens (primary N) is 1. The van der Waals surface area contributed by atoms with Gasteiger partial charge in [0, 0.05) is 12.6 Å². The number of ether oxygens (including phenoxy) is 1. The highest BCUT2D eigenvalue weighted by molar-refractivity contribution is 5.80. The van der Waals surface area contributed by atoms with Crippen molar-refractivity contribution < 1.29 is 9.53 Å². The van der Waals surface area contributed by atoms with Crippen LogP contribution < -0.4 is 5.73 Å². The number of nitrogens with zero attached hydrogens (tertiary/aromatic N) is 1. The van der Waals surface area contributed by atoms with E-state index in [1.807, 2.05) is 0 Å². The van der Waals surface area contributed by atoms with Crippen LogP contribution in [0.5, 0.6) is 0 Å². The zero-order valence-corrected chi connectivity index (χ0v) is 14.0. The quantitative estimate of drug-likeness (QED) is 0.849. The van der Waals surface area contributed by atoms with Crippen LogP contribution in [0, 0.1) is 11.8 Å². The van der Waals surface area contributed by atoms with Crippen molar-refractivity contribution in [3.8, 4) is 0 Å². The molecule has 0 aromatic rings. The van der Waals surface area contributed by atoms with Gasteiger partial charge in [-0.2, -0.15) is 0 Å². The maximum absolute atomic E-state index is 11.8. The molecule has 0 unspecified atom stereocenters. The summed E-state index contributed by atoms with van der Waals surface area (Å²) in [5.74, 6) is 1.22. The Kier molecular flexibility index (Phi) is 5.40. The smallest absolute Gasteiger partial charge is 0.234 e. The summed E-state index contributed by atoms with van der Waals surface area (Å²) in [6, 6.07) is 0.513. The second-order valence-corrected chi connectivity index (χ2v) is 7.67. The predicted octanol–water partition coefficient (Wildman–Crippen LogP) is 2.70. The molecular weight excluding hydrogens is 276 g/mol. The van der Waals surface area contributed by atoms with Gasteiger partial charge in [0.15, 0.2) is 0 Å². The molecular formula is C18H32N2O2. The lowest BCUT2D eigenvalue weighted by Gasteiger charge is -2.34. The van der Waals surface area contributed by atoms with Crippen molar-refractivity contribution in [1.29, 1.82) is 0 Å². The van der Waals surface area contributed by atoms with Crippen LogP contribution in [-0.2, 0) is 9.53 Å². The molecule has 1 aliphatic heterocycles. The number of amides is 1. The van der Waals surface area contributed by atoms with Gasteiger partial charge in [-0.25, -0.2) is 0 Å². The van der Waals surface area contributed by atoms with E-state index in [2.05, 4.69) is 11.8 Å². The lowest BCUT2D eigenvalue weighted by molar-refractivity contribution is -0.123. The first-order valence-corrected chi connectivity index (χ1v) is 9.33. The molecule has 1 saturated heterocycles. The van der Waals surface area contributed by atoms with Crippen LogP contribution in [0.2, 0.25) is 0 Å². The zero-order valence-electron chi connectivity index (χ0n) is 14.0. The topological polar surface area (TPSA) is 55.6 Å². The van der Waals surface area contributed by atoms with Gasteiger partial charge in [0.1, 0.15) is 0 Å². The number of hydrogen-bond acceptors (Lipinski definition) is 3. The summed E-state index contributed by atoms with van der Waals surface area (Å²) in [6.07, 6.45) is 11.6. The number of rotatable bonds is 5. The number of carbonyl (C=O) groups is 1. The van der Waals surface area contributed by atoms with Crippen LogP contribution in [-0.4, -0.2) is 42.1 Å². The second-order valence-electron chi connectivity index (χ2n) is 7.67. The summed E-state index contributed by atoms with van der Waals surface area (Å²) < 4.78 is 6.17. The molecule has 0 bridgehead atoms. The summed E-state index contributed by atoms with van der Waals surface area (Å²) >= 11 is 0. The molecule has 4 nitrogen and oxygen atoms in total. The van der Waals surface area contributed by atoms with Crippen LogP contribution in [0.4, 0.5) is 0 Å². The Morgan fingerprint density at radius 2 is 1.86 bits per heavy atom. The average Bonchev–Trinajstić information content (AvgIpc) is 2.88. The van der Waals surface area contributed by atoms with Gasteiger partial charge >= 0.3 is 0 Å². The van der Waals surface area contributed by atoms with Crippen LogP contribution in [0.15, 0.2) is 0 Å². The lowest BCUT2D eigenvalue weighted by atomic mass is 9.85. The van der Waals surface area contributed by atoms with Gasteiger partial charge in [-0.3, -0.25) is 9.69 Å². The molecule has 2 saturated carbocycles. The molecule has 4 heteroatoms. The number of fused-ring (bicyclic) bond motifs is 1. The summed E-state index contributed by atoms with van der Waals surface area (Å²) in [4.78, 5) is 14.2. The van der Waals surface area contributed by atoms with Crippen molar-refractivity contribution in [3.05, 3.63) is 0 Å². The van der Waals surface area contributed by atoms with Gasteiger partial charge in [-0.1, -0.05) is 32.6 Å². The highest BCUT2D eigenvalue weighted by Gasteiger charge is 2.44. The molecule has 3 fully saturated rings. The SMILES string of the molecule is C[C@@H]1CCCC[C@@H]1OCCN1[C@H](C(N)=O)C[C@H]2CCCC[C@@H]21. The maximum atomic E-state index is 11.8. The van der Waals surface area contributed by atoms with E-state index in [0.717, 1.165) is 19.6 Å². The van der Waals surface area contributed by atoms with Crippen molar-refractivity contribution in [2.45, 2.75) is 82.9 Å². The van der Waals surface area contributed by atoms with Crippen molar-refractivity contribution in [1.82, 2.24) is 4.90 Å². The van der Waals surface area contributed by atoms with Crippen molar-refractivity contribution in [2.75, 3.05) is 13.2 Å². The van der Waals surface area contributed by atoms with Gasteiger partial charge in [0.2, 0.25) is 5.91 Å². The predicted molar refractivity (Wildman–Crippen MR) is 87.4 cm³/mol. The molecule has 0 aromatic carbocycles. The van der Waals surface area contributed by atoms with E-state index in [1.165, 1.54) is 51.4 Å². The summed E-state index contributed by atoms with van der Waals surface area (Å²) in [5.41, 5.74) is 5.66. The van der Waals surface area contributed by atoms with Gasteiger partial charge < -0.3 is 10.5 Å². The fourth-order valence-corrected chi connectivity index (χ4v) is 4.99. The second kappa shape index (κ2) is 7.31. The fraction of sp³-hybridized carbons (Fsp3) is 0.944. The van der Waals surface area contributed by atoms with Gasteiger partial charge in [-0.05, 0) is 43.9 Å². The molecule has 2 N–H and O–H groups in total. The van der Waals surface area contributed by atoms with Crippen LogP contribution in [0.1, 0.15) is 64.7 Å². The molecule has 1 amide bonds. The Hall–Kier alpha value is -0.610.